The summed E-state index contributed by atoms with van der Waals surface area (Å²) in [4.78, 5) is 7.48. The second-order valence-corrected chi connectivity index (χ2v) is 1.72. The van der Waals surface area contributed by atoms with Gasteiger partial charge in [-0.2, -0.15) is 0 Å². The molecule has 0 spiro atoms. The van der Waals surface area contributed by atoms with E-state index in [4.69, 9.17) is 5.11 Å². The van der Waals surface area contributed by atoms with Crippen molar-refractivity contribution < 1.29 is 5.11 Å². The third-order valence-electron chi connectivity index (χ3n) is 0.909. The average molecular weight is 123 g/mol. The Morgan fingerprint density at radius 1 is 1.78 bits per heavy atom. The molecule has 1 rings (SSSR count). The molecule has 1 N–H and O–H groups in total. The maximum Gasteiger partial charge on any atom is 0.157 e. The maximum atomic E-state index is 8.88. The number of hydrogen-bond donors (Lipinski definition) is 1. The van der Waals surface area contributed by atoms with Crippen LogP contribution >= 0.6 is 0 Å². The van der Waals surface area contributed by atoms with Gasteiger partial charge in [-0.05, 0) is 13.0 Å². The van der Waals surface area contributed by atoms with E-state index in [9.17, 15) is 0 Å². The van der Waals surface area contributed by atoms with Gasteiger partial charge in [-0.3, -0.25) is 0 Å². The molecule has 0 unspecified atom stereocenters. The molecule has 0 saturated carbocycles. The van der Waals surface area contributed by atoms with Crippen LogP contribution in [0.5, 0.6) is 0 Å². The Morgan fingerprint density at radius 2 is 2.56 bits per heavy atom. The topological polar surface area (TPSA) is 46.0 Å². The highest BCUT2D eigenvalue weighted by atomic mass is 16.3. The van der Waals surface area contributed by atoms with Crippen LogP contribution in [0.4, 0.5) is 0 Å². The van der Waals surface area contributed by atoms with Crippen molar-refractivity contribution in [3.63, 3.8) is 0 Å². The number of rotatable bonds is 1. The lowest BCUT2D eigenvalue weighted by atomic mass is 10.4. The van der Waals surface area contributed by atoms with Crippen molar-refractivity contribution in [2.75, 3.05) is 0 Å². The van der Waals surface area contributed by atoms with E-state index >= 15 is 0 Å². The van der Waals surface area contributed by atoms with E-state index in [1.54, 1.807) is 19.2 Å². The SMILES string of the molecule is C[C@@H](O)c1n[c]ccn1. The largest absolute Gasteiger partial charge is 0.385 e. The van der Waals surface area contributed by atoms with Crippen LogP contribution in [0.3, 0.4) is 0 Å². The highest BCUT2D eigenvalue weighted by Crippen LogP contribution is 2.01. The van der Waals surface area contributed by atoms with Crippen molar-refractivity contribution in [1.82, 2.24) is 9.97 Å². The zero-order valence-corrected chi connectivity index (χ0v) is 5.07. The molecule has 0 aliphatic carbocycles. The number of hydrogen-bond acceptors (Lipinski definition) is 3. The molecule has 1 atom stereocenters. The van der Waals surface area contributed by atoms with Crippen molar-refractivity contribution >= 4 is 0 Å². The molecule has 0 saturated heterocycles. The number of aliphatic hydroxyl groups excluding tert-OH is 1. The molecule has 0 aliphatic heterocycles. The minimum atomic E-state index is -0.595. The lowest BCUT2D eigenvalue weighted by Crippen LogP contribution is -1.97. The Hall–Kier alpha value is -0.960. The fraction of sp³-hybridized carbons (Fsp3) is 0.333. The van der Waals surface area contributed by atoms with E-state index in [-0.39, 0.29) is 0 Å². The van der Waals surface area contributed by atoms with Crippen LogP contribution in [0.1, 0.15) is 18.9 Å². The van der Waals surface area contributed by atoms with Gasteiger partial charge in [0.15, 0.2) is 5.82 Å². The zero-order chi connectivity index (χ0) is 6.69. The third kappa shape index (κ3) is 1.47. The first-order chi connectivity index (χ1) is 4.30. The van der Waals surface area contributed by atoms with Crippen molar-refractivity contribution in [2.24, 2.45) is 0 Å². The number of aromatic nitrogens is 2. The van der Waals surface area contributed by atoms with Gasteiger partial charge < -0.3 is 5.11 Å². The van der Waals surface area contributed by atoms with Gasteiger partial charge in [0, 0.05) is 6.20 Å². The Kier molecular flexibility index (Phi) is 1.75. The first kappa shape index (κ1) is 6.16. The summed E-state index contributed by atoms with van der Waals surface area (Å²) in [5.74, 6) is 0.414. The molecule has 3 heteroatoms. The normalized spacial score (nSPS) is 13.1. The van der Waals surface area contributed by atoms with E-state index in [0.29, 0.717) is 5.82 Å². The van der Waals surface area contributed by atoms with Crippen molar-refractivity contribution in [1.29, 1.82) is 0 Å². The maximum absolute atomic E-state index is 8.88. The van der Waals surface area contributed by atoms with Crippen LogP contribution in [-0.4, -0.2) is 15.1 Å². The molecule has 1 radical (unpaired) electrons. The first-order valence-corrected chi connectivity index (χ1v) is 2.68. The zero-order valence-electron chi connectivity index (χ0n) is 5.07. The Labute approximate surface area is 53.4 Å². The quantitative estimate of drug-likeness (QED) is 0.585. The first-order valence-electron chi connectivity index (χ1n) is 2.68. The number of nitrogens with zero attached hydrogens (tertiary/aromatic N) is 2. The molecule has 3 nitrogen and oxygen atoms in total. The standard InChI is InChI=1S/C6H7N2O/c1-5(9)6-7-3-2-4-8-6/h2-3,5,9H,1H3/t5-/m1/s1. The summed E-state index contributed by atoms with van der Waals surface area (Å²) in [7, 11) is 0. The van der Waals surface area contributed by atoms with E-state index < -0.39 is 6.10 Å². The Morgan fingerprint density at radius 3 is 2.89 bits per heavy atom. The van der Waals surface area contributed by atoms with E-state index in [1.165, 1.54) is 0 Å². The summed E-state index contributed by atoms with van der Waals surface area (Å²) < 4.78 is 0. The molecule has 47 valence electrons. The van der Waals surface area contributed by atoms with Crippen LogP contribution in [0, 0.1) is 6.20 Å². The van der Waals surface area contributed by atoms with Gasteiger partial charge in [0.05, 0.1) is 6.20 Å². The highest BCUT2D eigenvalue weighted by Gasteiger charge is 1.99. The molecule has 0 amide bonds. The second-order valence-electron chi connectivity index (χ2n) is 1.72. The van der Waals surface area contributed by atoms with Gasteiger partial charge >= 0.3 is 0 Å². The molecule has 0 aliphatic rings. The minimum absolute atomic E-state index is 0.414. The smallest absolute Gasteiger partial charge is 0.157 e. The molecule has 0 bridgehead atoms. The van der Waals surface area contributed by atoms with Crippen LogP contribution < -0.4 is 0 Å². The molecule has 1 aromatic rings. The summed E-state index contributed by atoms with van der Waals surface area (Å²) in [6.07, 6.45) is 3.53. The van der Waals surface area contributed by atoms with Gasteiger partial charge in [-0.1, -0.05) is 0 Å². The summed E-state index contributed by atoms with van der Waals surface area (Å²) in [5.41, 5.74) is 0. The minimum Gasteiger partial charge on any atom is -0.385 e. The lowest BCUT2D eigenvalue weighted by molar-refractivity contribution is 0.189. The van der Waals surface area contributed by atoms with Crippen molar-refractivity contribution in [3.8, 4) is 0 Å². The molecule has 1 heterocycles. The van der Waals surface area contributed by atoms with E-state index in [0.717, 1.165) is 0 Å². The predicted molar refractivity (Wildman–Crippen MR) is 31.5 cm³/mol. The van der Waals surface area contributed by atoms with Crippen molar-refractivity contribution in [2.45, 2.75) is 13.0 Å². The summed E-state index contributed by atoms with van der Waals surface area (Å²) in [6, 6.07) is 1.59. The molecule has 9 heavy (non-hydrogen) atoms. The highest BCUT2D eigenvalue weighted by molar-refractivity contribution is 4.89. The lowest BCUT2D eigenvalue weighted by Gasteiger charge is -1.97. The molecular weight excluding hydrogens is 116 g/mol. The summed E-state index contributed by atoms with van der Waals surface area (Å²) >= 11 is 0. The summed E-state index contributed by atoms with van der Waals surface area (Å²) in [6.45, 7) is 1.61. The number of aliphatic hydroxyl groups is 1. The van der Waals surface area contributed by atoms with Crippen LogP contribution in [0.2, 0.25) is 0 Å². The third-order valence-corrected chi connectivity index (χ3v) is 0.909. The fourth-order valence-electron chi connectivity index (χ4n) is 0.481. The van der Waals surface area contributed by atoms with Crippen LogP contribution in [0.25, 0.3) is 0 Å². The van der Waals surface area contributed by atoms with Gasteiger partial charge in [-0.15, -0.1) is 0 Å². The van der Waals surface area contributed by atoms with Crippen LogP contribution in [0.15, 0.2) is 12.3 Å². The van der Waals surface area contributed by atoms with E-state index in [1.807, 2.05) is 0 Å². The van der Waals surface area contributed by atoms with Gasteiger partial charge in [-0.25, -0.2) is 9.97 Å². The van der Waals surface area contributed by atoms with Crippen molar-refractivity contribution in [3.05, 3.63) is 24.3 Å². The van der Waals surface area contributed by atoms with Gasteiger partial charge in [0.1, 0.15) is 6.10 Å². The Bertz CT molecular complexity index is 174. The van der Waals surface area contributed by atoms with Gasteiger partial charge in [0.25, 0.3) is 0 Å². The average Bonchev–Trinajstić information content (AvgIpc) is 1.90. The fourth-order valence-corrected chi connectivity index (χ4v) is 0.481. The predicted octanol–water partition coefficient (Wildman–Crippen LogP) is 0.330. The second kappa shape index (κ2) is 2.55. The molecule has 0 fully saturated rings. The Balaban J connectivity index is 2.85. The monoisotopic (exact) mass is 123 g/mol. The molecule has 1 aromatic heterocycles. The molecule has 0 aromatic carbocycles. The van der Waals surface area contributed by atoms with Crippen LogP contribution in [-0.2, 0) is 0 Å². The summed E-state index contributed by atoms with van der Waals surface area (Å²) in [5, 5.41) is 8.88. The van der Waals surface area contributed by atoms with Gasteiger partial charge in [0.2, 0.25) is 0 Å². The van der Waals surface area contributed by atoms with E-state index in [2.05, 4.69) is 16.2 Å². The molecular formula is C6H7N2O.